The van der Waals surface area contributed by atoms with Crippen molar-refractivity contribution in [2.75, 3.05) is 0 Å². The van der Waals surface area contributed by atoms with Crippen molar-refractivity contribution < 1.29 is 80.4 Å². The molecular formula is C91H96Ir4N12-4. The van der Waals surface area contributed by atoms with Gasteiger partial charge in [0.2, 0.25) is 0 Å². The van der Waals surface area contributed by atoms with Crippen molar-refractivity contribution in [1.29, 1.82) is 0 Å². The van der Waals surface area contributed by atoms with Gasteiger partial charge in [-0.15, -0.1) is 147 Å². The molecule has 4 aromatic heterocycles. The molecule has 16 aliphatic rings. The van der Waals surface area contributed by atoms with Gasteiger partial charge in [0.25, 0.3) is 0 Å². The van der Waals surface area contributed by atoms with Crippen LogP contribution < -0.4 is 0 Å². The van der Waals surface area contributed by atoms with Crippen LogP contribution in [0, 0.1) is 115 Å². The van der Waals surface area contributed by atoms with E-state index in [0.29, 0.717) is 5.54 Å². The summed E-state index contributed by atoms with van der Waals surface area (Å²) in [6, 6.07) is 70.5. The molecule has 16 fully saturated rings. The Morgan fingerprint density at radius 2 is 0.785 bits per heavy atom. The first-order valence-corrected chi connectivity index (χ1v) is 39.5. The number of nitrogens with zero attached hydrogens (tertiary/aromatic N) is 12. The van der Waals surface area contributed by atoms with Crippen molar-refractivity contribution >= 4 is 10.8 Å². The summed E-state index contributed by atoms with van der Waals surface area (Å²) in [4.78, 5) is 10.0. The fourth-order valence-electron chi connectivity index (χ4n) is 25.2. The maximum atomic E-state index is 5.21. The third-order valence-corrected chi connectivity index (χ3v) is 28.1. The van der Waals surface area contributed by atoms with Crippen LogP contribution in [0.2, 0.25) is 0 Å². The summed E-state index contributed by atoms with van der Waals surface area (Å²) in [5, 5.41) is 31.0. The van der Waals surface area contributed by atoms with Crippen LogP contribution in [-0.4, -0.2) is 59.1 Å². The van der Waals surface area contributed by atoms with Crippen LogP contribution in [0.15, 0.2) is 164 Å². The average Bonchev–Trinajstić information content (AvgIpc) is 1.57. The van der Waals surface area contributed by atoms with Gasteiger partial charge in [-0.2, -0.15) is 20.4 Å². The fraction of sp³-hybridized carbons (Fsp3) is 0.473. The van der Waals surface area contributed by atoms with Gasteiger partial charge in [0, 0.05) is 103 Å². The molecule has 16 aliphatic carbocycles. The van der Waals surface area contributed by atoms with Crippen LogP contribution in [0.4, 0.5) is 0 Å². The van der Waals surface area contributed by atoms with Crippen molar-refractivity contribution in [3.8, 4) is 68.1 Å². The van der Waals surface area contributed by atoms with Crippen molar-refractivity contribution in [2.45, 2.75) is 192 Å². The molecule has 4 heterocycles. The Morgan fingerprint density at radius 1 is 0.364 bits per heavy atom. The van der Waals surface area contributed by atoms with E-state index in [-0.39, 0.29) is 102 Å². The molecule has 8 unspecified atom stereocenters. The zero-order valence-corrected chi connectivity index (χ0v) is 71.6. The first-order valence-electron chi connectivity index (χ1n) is 39.5. The molecule has 0 N–H and O–H groups in total. The summed E-state index contributed by atoms with van der Waals surface area (Å²) in [6.45, 7) is 11.0. The van der Waals surface area contributed by atoms with Gasteiger partial charge in [-0.25, -0.2) is 0 Å². The van der Waals surface area contributed by atoms with Gasteiger partial charge in [-0.3, -0.25) is 19.3 Å². The van der Waals surface area contributed by atoms with E-state index >= 15 is 0 Å². The van der Waals surface area contributed by atoms with Crippen molar-refractivity contribution in [1.82, 2.24) is 59.1 Å². The van der Waals surface area contributed by atoms with E-state index in [1.165, 1.54) is 156 Å². The Hall–Kier alpha value is -6.04. The number of aromatic nitrogens is 12. The third-order valence-electron chi connectivity index (χ3n) is 28.1. The molecular weight excluding hydrogens is 2030 g/mol. The Morgan fingerprint density at radius 3 is 1.31 bits per heavy atom. The van der Waals surface area contributed by atoms with Gasteiger partial charge in [-0.1, -0.05) is 111 Å². The van der Waals surface area contributed by atoms with E-state index in [4.69, 9.17) is 25.3 Å². The maximum Gasteiger partial charge on any atom is 0.155 e. The van der Waals surface area contributed by atoms with Crippen molar-refractivity contribution in [3.63, 3.8) is 0 Å². The molecule has 0 aliphatic heterocycles. The summed E-state index contributed by atoms with van der Waals surface area (Å²) in [5.41, 5.74) is 9.02. The second kappa shape index (κ2) is 29.2. The Labute approximate surface area is 685 Å². The fourth-order valence-corrected chi connectivity index (χ4v) is 25.2. The van der Waals surface area contributed by atoms with Gasteiger partial charge in [0.1, 0.15) is 17.5 Å². The summed E-state index contributed by atoms with van der Waals surface area (Å²) in [7, 11) is 0. The molecule has 0 spiro atoms. The van der Waals surface area contributed by atoms with E-state index in [1.807, 2.05) is 37.3 Å². The standard InChI is InChI=1S/C26H30N3.C24H24N3.C23H22N3.C18H20N3.4Ir/c1-25(2,3)16-23-27-24(21-9-8-19-6-4-5-7-20(19)13-21)29(28-23)26-14-17-10-18(15-26)12-22(26)11-17;1-16-25-23(21-9-5-8-20(13-21)19-6-3-2-4-7-19)27(26-16)24-14-17-10-18(15-24)12-22(24)11-17;1-3-7-18(8-4-1)21-24-25-22(19-9-5-2-6-10-19)26(21)23-14-16-11-17(15-23)13-20(23)12-16;1-12-19-20-17(15-5-3-2-4-6-15)21(12)18-10-13-7-14(11-18)9-16(18)8-13;;;;/h4-8,13,17-18,22H,10-12,14-16H2,1-3H3;2-8,13,17-18,22H,10-12,14-15H2,1H3;1-9,16-17,20H,11-15H2;2-5,13-14,16H,7-11H2,1H3;;;;/q4*-1;;;;. The quantitative estimate of drug-likeness (QED) is 0.117. The average molecular weight is 2130 g/mol. The van der Waals surface area contributed by atoms with Crippen LogP contribution in [0.25, 0.3) is 78.8 Å². The molecule has 0 saturated heterocycles. The Bertz CT molecular complexity index is 4870. The molecule has 16 heteroatoms. The number of rotatable bonds is 11. The molecule has 12 nitrogen and oxygen atoms in total. The zero-order valence-electron chi connectivity index (χ0n) is 62.1. The maximum absolute atomic E-state index is 5.21. The molecule has 11 aromatic rings. The van der Waals surface area contributed by atoms with Gasteiger partial charge in [0.15, 0.2) is 5.82 Å². The van der Waals surface area contributed by atoms with Crippen LogP contribution in [0.5, 0.6) is 0 Å². The van der Waals surface area contributed by atoms with Gasteiger partial charge < -0.3 is 9.13 Å². The third kappa shape index (κ3) is 13.1. The number of benzene rings is 7. The normalized spacial score (nSPS) is 30.9. The second-order valence-corrected chi connectivity index (χ2v) is 35.8. The smallest absolute Gasteiger partial charge is 0.155 e. The first kappa shape index (κ1) is 75.0. The molecule has 16 saturated carbocycles. The molecule has 560 valence electrons. The minimum Gasteiger partial charge on any atom is -0.346 e. The zero-order chi connectivity index (χ0) is 69.0. The van der Waals surface area contributed by atoms with Crippen LogP contribution >= 0.6 is 0 Å². The topological polar surface area (TPSA) is 123 Å². The van der Waals surface area contributed by atoms with Gasteiger partial charge in [-0.05, 0) is 224 Å². The minimum absolute atomic E-state index is 0. The molecule has 4 radical (unpaired) electrons. The SMILES string of the molecule is CC(C)(C)Cc1nc(-c2[c-]cc3ccccc3c2)n(C23CC4CC(CC2C4)C3)n1.Cc1nc(-c2[c-]ccc(-c3ccccc3)c2)n(C23CC4CC(CC2C4)C3)n1.Cc1nnc(-c2[c-]cccc2)n1C12CC3CC(CC1C3)C2.[Ir].[Ir].[Ir].[Ir].[c-]1ccccc1-c1nnc(-c2ccccc2)n1C12CC3CC(CC1C3)C2. The van der Waals surface area contributed by atoms with E-state index in [1.54, 1.807) is 0 Å². The molecule has 0 amide bonds. The van der Waals surface area contributed by atoms with E-state index in [2.05, 4.69) is 219 Å². The molecule has 107 heavy (non-hydrogen) atoms. The first-order chi connectivity index (χ1) is 50.2. The van der Waals surface area contributed by atoms with Crippen LogP contribution in [-0.2, 0) is 109 Å². The summed E-state index contributed by atoms with van der Waals surface area (Å²) in [6.07, 6.45) is 28.4. The summed E-state index contributed by atoms with van der Waals surface area (Å²) < 4.78 is 9.73. The number of hydrogen-bond acceptors (Lipinski definition) is 8. The van der Waals surface area contributed by atoms with Gasteiger partial charge >= 0.3 is 0 Å². The van der Waals surface area contributed by atoms with E-state index < -0.39 is 0 Å². The summed E-state index contributed by atoms with van der Waals surface area (Å²) in [5.74, 6) is 18.6. The second-order valence-electron chi connectivity index (χ2n) is 35.8. The van der Waals surface area contributed by atoms with Crippen molar-refractivity contribution in [2.24, 2.45) is 76.4 Å². The van der Waals surface area contributed by atoms with E-state index in [0.717, 1.165) is 146 Å². The number of hydrogen-bond donors (Lipinski definition) is 0. The largest absolute Gasteiger partial charge is 0.346 e. The molecule has 27 rings (SSSR count). The molecule has 7 aromatic carbocycles. The molecule has 8 atom stereocenters. The minimum atomic E-state index is 0. The van der Waals surface area contributed by atoms with Crippen LogP contribution in [0.3, 0.4) is 0 Å². The predicted octanol–water partition coefficient (Wildman–Crippen LogP) is 19.8. The molecule has 16 bridgehead atoms. The monoisotopic (exact) mass is 2130 g/mol. The van der Waals surface area contributed by atoms with Crippen molar-refractivity contribution in [3.05, 3.63) is 206 Å². The summed E-state index contributed by atoms with van der Waals surface area (Å²) >= 11 is 0. The number of fused-ring (bicyclic) bond motifs is 1. The van der Waals surface area contributed by atoms with Crippen LogP contribution in [0.1, 0.15) is 167 Å². The van der Waals surface area contributed by atoms with E-state index in [9.17, 15) is 0 Å². The predicted molar refractivity (Wildman–Crippen MR) is 404 cm³/mol. The van der Waals surface area contributed by atoms with Gasteiger partial charge in [0.05, 0.1) is 34.4 Å². The number of aryl methyl sites for hydroxylation is 2. The Balaban J connectivity index is 0.000000108. The Kier molecular flexibility index (Phi) is 20.5.